The molecule has 0 saturated heterocycles. The molecule has 0 aliphatic heterocycles. The molecule has 6 heteroatoms. The van der Waals surface area contributed by atoms with Gasteiger partial charge < -0.3 is 9.47 Å². The maximum absolute atomic E-state index is 6.32. The first-order valence-corrected chi connectivity index (χ1v) is 8.33. The molecule has 1 atom stereocenters. The minimum absolute atomic E-state index is 0.00850. The molecule has 0 aliphatic carbocycles. The normalized spacial score (nSPS) is 12.3. The lowest BCUT2D eigenvalue weighted by molar-refractivity contribution is 0.354. The average Bonchev–Trinajstić information content (AvgIpc) is 2.83. The van der Waals surface area contributed by atoms with Crippen LogP contribution in [0, 0.1) is 0 Å². The molecular weight excluding hydrogens is 415 g/mol. The van der Waals surface area contributed by atoms with Crippen LogP contribution in [0.2, 0.25) is 5.02 Å². The fraction of sp³-hybridized carbons (Fsp3) is 0.231. The summed E-state index contributed by atoms with van der Waals surface area (Å²) in [6, 6.07) is 5.68. The molecule has 0 amide bonds. The lowest BCUT2D eigenvalue weighted by Crippen LogP contribution is -1.96. The van der Waals surface area contributed by atoms with Crippen LogP contribution in [0.25, 0.3) is 0 Å². The van der Waals surface area contributed by atoms with Crippen molar-refractivity contribution in [2.75, 3.05) is 14.2 Å². The third-order valence-corrected chi connectivity index (χ3v) is 6.17. The van der Waals surface area contributed by atoms with Gasteiger partial charge >= 0.3 is 0 Å². The van der Waals surface area contributed by atoms with Crippen molar-refractivity contribution in [2.24, 2.45) is 0 Å². The first-order valence-electron chi connectivity index (χ1n) is 5.36. The predicted molar refractivity (Wildman–Crippen MR) is 87.3 cm³/mol. The SMILES string of the molecule is COc1cc(Cl)c(C(Br)c2sccc2Br)cc1OC. The summed E-state index contributed by atoms with van der Waals surface area (Å²) in [5.41, 5.74) is 0.947. The Balaban J connectivity index is 2.48. The Labute approximate surface area is 137 Å². The van der Waals surface area contributed by atoms with Crippen LogP contribution in [0.4, 0.5) is 0 Å². The monoisotopic (exact) mass is 424 g/mol. The van der Waals surface area contributed by atoms with Gasteiger partial charge in [-0.15, -0.1) is 11.3 Å². The van der Waals surface area contributed by atoms with Gasteiger partial charge in [0.25, 0.3) is 0 Å². The third kappa shape index (κ3) is 3.10. The fourth-order valence-electron chi connectivity index (χ4n) is 1.69. The Morgan fingerprint density at radius 3 is 2.37 bits per heavy atom. The van der Waals surface area contributed by atoms with E-state index in [1.807, 2.05) is 17.5 Å². The van der Waals surface area contributed by atoms with Gasteiger partial charge in [-0.05, 0) is 39.0 Å². The number of rotatable bonds is 4. The number of halogens is 3. The maximum atomic E-state index is 6.32. The van der Waals surface area contributed by atoms with E-state index in [9.17, 15) is 0 Å². The highest BCUT2D eigenvalue weighted by atomic mass is 79.9. The first kappa shape index (κ1) is 15.2. The van der Waals surface area contributed by atoms with E-state index in [2.05, 4.69) is 31.9 Å². The quantitative estimate of drug-likeness (QED) is 0.587. The highest BCUT2D eigenvalue weighted by Gasteiger charge is 2.20. The molecule has 0 bridgehead atoms. The Bertz CT molecular complexity index is 586. The lowest BCUT2D eigenvalue weighted by atomic mass is 10.1. The Morgan fingerprint density at radius 1 is 1.21 bits per heavy atom. The zero-order chi connectivity index (χ0) is 14.0. The predicted octanol–water partition coefficient (Wildman–Crippen LogP) is 5.67. The molecule has 1 heterocycles. The summed E-state index contributed by atoms with van der Waals surface area (Å²) < 4.78 is 11.6. The Morgan fingerprint density at radius 2 is 1.84 bits per heavy atom. The smallest absolute Gasteiger partial charge is 0.162 e. The third-order valence-electron chi connectivity index (χ3n) is 2.65. The second-order valence-electron chi connectivity index (χ2n) is 3.72. The van der Waals surface area contributed by atoms with Gasteiger partial charge in [0, 0.05) is 20.4 Å². The van der Waals surface area contributed by atoms with Gasteiger partial charge in [0.15, 0.2) is 11.5 Å². The van der Waals surface area contributed by atoms with Gasteiger partial charge in [0.1, 0.15) is 0 Å². The number of ether oxygens (including phenoxy) is 2. The molecule has 1 unspecified atom stereocenters. The summed E-state index contributed by atoms with van der Waals surface area (Å²) in [7, 11) is 3.20. The van der Waals surface area contributed by atoms with E-state index in [4.69, 9.17) is 21.1 Å². The van der Waals surface area contributed by atoms with Crippen LogP contribution < -0.4 is 9.47 Å². The minimum atomic E-state index is 0.00850. The van der Waals surface area contributed by atoms with Gasteiger partial charge in [0.2, 0.25) is 0 Å². The minimum Gasteiger partial charge on any atom is -0.493 e. The summed E-state index contributed by atoms with van der Waals surface area (Å²) in [5, 5.41) is 2.67. The molecule has 0 saturated carbocycles. The number of benzene rings is 1. The molecule has 0 N–H and O–H groups in total. The van der Waals surface area contributed by atoms with Crippen molar-refractivity contribution in [1.82, 2.24) is 0 Å². The number of hydrogen-bond donors (Lipinski definition) is 0. The highest BCUT2D eigenvalue weighted by Crippen LogP contribution is 2.44. The molecular formula is C13H11Br2ClO2S. The number of alkyl halides is 1. The van der Waals surface area contributed by atoms with E-state index >= 15 is 0 Å². The van der Waals surface area contributed by atoms with E-state index in [1.165, 1.54) is 0 Å². The van der Waals surface area contributed by atoms with Crippen LogP contribution in [-0.2, 0) is 0 Å². The molecule has 1 aromatic carbocycles. The Hall–Kier alpha value is -0.230. The van der Waals surface area contributed by atoms with E-state index in [0.717, 1.165) is 14.9 Å². The van der Waals surface area contributed by atoms with Crippen molar-refractivity contribution < 1.29 is 9.47 Å². The maximum Gasteiger partial charge on any atom is 0.162 e. The van der Waals surface area contributed by atoms with Gasteiger partial charge in [-0.1, -0.05) is 27.5 Å². The second kappa shape index (κ2) is 6.48. The number of hydrogen-bond acceptors (Lipinski definition) is 3. The largest absolute Gasteiger partial charge is 0.493 e. The topological polar surface area (TPSA) is 18.5 Å². The lowest BCUT2D eigenvalue weighted by Gasteiger charge is -2.15. The van der Waals surface area contributed by atoms with Crippen molar-refractivity contribution in [1.29, 1.82) is 0 Å². The summed E-state index contributed by atoms with van der Waals surface area (Å²) in [6.45, 7) is 0. The number of methoxy groups -OCH3 is 2. The van der Waals surface area contributed by atoms with E-state index < -0.39 is 0 Å². The van der Waals surface area contributed by atoms with Gasteiger partial charge in [0.05, 0.1) is 19.0 Å². The van der Waals surface area contributed by atoms with Gasteiger partial charge in [-0.25, -0.2) is 0 Å². The zero-order valence-electron chi connectivity index (χ0n) is 10.2. The van der Waals surface area contributed by atoms with Gasteiger partial charge in [-0.3, -0.25) is 0 Å². The summed E-state index contributed by atoms with van der Waals surface area (Å²) in [4.78, 5) is 1.17. The van der Waals surface area contributed by atoms with Crippen molar-refractivity contribution >= 4 is 54.8 Å². The molecule has 0 aliphatic rings. The van der Waals surface area contributed by atoms with Crippen LogP contribution >= 0.6 is 54.8 Å². The molecule has 102 valence electrons. The standard InChI is InChI=1S/C13H11Br2ClO2S/c1-17-10-5-7(9(16)6-11(10)18-2)12(15)13-8(14)3-4-19-13/h3-6,12H,1-2H3. The van der Waals surface area contributed by atoms with E-state index in [0.29, 0.717) is 16.5 Å². The molecule has 19 heavy (non-hydrogen) atoms. The second-order valence-corrected chi connectivity index (χ2v) is 6.85. The van der Waals surface area contributed by atoms with Crippen molar-refractivity contribution in [3.63, 3.8) is 0 Å². The zero-order valence-corrected chi connectivity index (χ0v) is 15.0. The molecule has 0 radical (unpaired) electrons. The number of thiophene rings is 1. The molecule has 0 spiro atoms. The summed E-state index contributed by atoms with van der Waals surface area (Å²) >= 11 is 15.2. The molecule has 0 fully saturated rings. The van der Waals surface area contributed by atoms with Crippen molar-refractivity contribution in [3.05, 3.63) is 43.5 Å². The van der Waals surface area contributed by atoms with Crippen LogP contribution in [0.5, 0.6) is 11.5 Å². The van der Waals surface area contributed by atoms with Crippen molar-refractivity contribution in [2.45, 2.75) is 4.83 Å². The fourth-order valence-corrected chi connectivity index (χ4v) is 4.94. The van der Waals surface area contributed by atoms with E-state index in [1.54, 1.807) is 31.6 Å². The molecule has 2 nitrogen and oxygen atoms in total. The van der Waals surface area contributed by atoms with Crippen LogP contribution in [0.15, 0.2) is 28.1 Å². The van der Waals surface area contributed by atoms with Gasteiger partial charge in [-0.2, -0.15) is 0 Å². The van der Waals surface area contributed by atoms with E-state index in [-0.39, 0.29) is 4.83 Å². The molecule has 2 aromatic rings. The van der Waals surface area contributed by atoms with Crippen molar-refractivity contribution in [3.8, 4) is 11.5 Å². The van der Waals surface area contributed by atoms with Crippen LogP contribution in [0.1, 0.15) is 15.3 Å². The molecule has 2 rings (SSSR count). The first-order chi connectivity index (χ1) is 9.08. The highest BCUT2D eigenvalue weighted by molar-refractivity contribution is 9.11. The summed E-state index contributed by atoms with van der Waals surface area (Å²) in [6.07, 6.45) is 0. The molecule has 1 aromatic heterocycles. The van der Waals surface area contributed by atoms with Crippen LogP contribution in [-0.4, -0.2) is 14.2 Å². The Kier molecular flexibility index (Phi) is 5.17. The summed E-state index contributed by atoms with van der Waals surface area (Å²) in [5.74, 6) is 1.29. The average molecular weight is 427 g/mol. The van der Waals surface area contributed by atoms with Crippen LogP contribution in [0.3, 0.4) is 0 Å².